The highest BCUT2D eigenvalue weighted by atomic mass is 16.6. The minimum absolute atomic E-state index is 0.114. The van der Waals surface area contributed by atoms with Crippen molar-refractivity contribution in [2.24, 2.45) is 0 Å². The molecule has 0 bridgehead atoms. The molecule has 0 aliphatic carbocycles. The Balaban J connectivity index is 1.98. The number of amides is 1. The van der Waals surface area contributed by atoms with Gasteiger partial charge in [0.25, 0.3) is 0 Å². The van der Waals surface area contributed by atoms with Gasteiger partial charge in [-0.2, -0.15) is 0 Å². The van der Waals surface area contributed by atoms with Crippen molar-refractivity contribution in [2.45, 2.75) is 44.8 Å². The monoisotopic (exact) mass is 241 g/mol. The third kappa shape index (κ3) is 2.44. The lowest BCUT2D eigenvalue weighted by atomic mass is 9.98. The Kier molecular flexibility index (Phi) is 2.89. The van der Waals surface area contributed by atoms with Crippen LogP contribution in [-0.4, -0.2) is 47.7 Å². The number of ketones is 1. The third-order valence-corrected chi connectivity index (χ3v) is 3.10. The van der Waals surface area contributed by atoms with Gasteiger partial charge in [-0.05, 0) is 20.8 Å². The number of rotatable bonds is 0. The zero-order valence-corrected chi connectivity index (χ0v) is 10.6. The van der Waals surface area contributed by atoms with Crippen molar-refractivity contribution in [3.05, 3.63) is 0 Å². The molecule has 2 fully saturated rings. The summed E-state index contributed by atoms with van der Waals surface area (Å²) in [6.45, 7) is 6.82. The number of Topliss-reactive ketones (excluding diaryl/α,β-unsaturated/α-hetero) is 1. The molecule has 2 rings (SSSR count). The summed E-state index contributed by atoms with van der Waals surface area (Å²) in [4.78, 5) is 25.2. The van der Waals surface area contributed by atoms with Crippen molar-refractivity contribution < 1.29 is 19.1 Å². The normalized spacial score (nSPS) is 29.1. The van der Waals surface area contributed by atoms with E-state index < -0.39 is 11.2 Å². The van der Waals surface area contributed by atoms with Gasteiger partial charge in [0, 0.05) is 19.4 Å². The minimum Gasteiger partial charge on any atom is -0.444 e. The number of likely N-dealkylation sites (tertiary alicyclic amines) is 1. The van der Waals surface area contributed by atoms with Crippen LogP contribution in [0.25, 0.3) is 0 Å². The summed E-state index contributed by atoms with van der Waals surface area (Å²) in [6, 6.07) is 0. The molecule has 1 amide bonds. The van der Waals surface area contributed by atoms with Gasteiger partial charge in [-0.25, -0.2) is 4.79 Å². The fourth-order valence-corrected chi connectivity index (χ4v) is 2.26. The first-order chi connectivity index (χ1) is 7.82. The van der Waals surface area contributed by atoms with E-state index in [0.717, 1.165) is 0 Å². The predicted octanol–water partition coefficient (Wildman–Crippen LogP) is 1.36. The molecule has 5 nitrogen and oxygen atoms in total. The molecule has 2 saturated heterocycles. The topological polar surface area (TPSA) is 55.8 Å². The van der Waals surface area contributed by atoms with Crippen LogP contribution >= 0.6 is 0 Å². The Bertz CT molecular complexity index is 347. The molecule has 96 valence electrons. The van der Waals surface area contributed by atoms with Gasteiger partial charge in [0.1, 0.15) is 11.2 Å². The van der Waals surface area contributed by atoms with Crippen LogP contribution in [0.4, 0.5) is 4.79 Å². The summed E-state index contributed by atoms with van der Waals surface area (Å²) in [6.07, 6.45) is 0.686. The first kappa shape index (κ1) is 12.4. The Hall–Kier alpha value is -1.10. The highest BCUT2D eigenvalue weighted by Gasteiger charge is 2.50. The average Bonchev–Trinajstić information content (AvgIpc) is 2.74. The molecule has 0 radical (unpaired) electrons. The molecule has 2 aliphatic rings. The van der Waals surface area contributed by atoms with Crippen molar-refractivity contribution in [1.82, 2.24) is 4.90 Å². The molecule has 0 aromatic rings. The van der Waals surface area contributed by atoms with E-state index in [9.17, 15) is 9.59 Å². The zero-order chi connectivity index (χ0) is 12.7. The Morgan fingerprint density at radius 2 is 2.18 bits per heavy atom. The molecule has 5 heteroatoms. The van der Waals surface area contributed by atoms with E-state index in [2.05, 4.69) is 0 Å². The van der Waals surface area contributed by atoms with Gasteiger partial charge in [0.15, 0.2) is 5.78 Å². The molecule has 1 atom stereocenters. The van der Waals surface area contributed by atoms with Gasteiger partial charge in [0.05, 0.1) is 13.2 Å². The average molecular weight is 241 g/mol. The second-order valence-electron chi connectivity index (χ2n) is 5.67. The molecule has 1 spiro atoms. The molecule has 0 N–H and O–H groups in total. The molecule has 0 aromatic carbocycles. The quantitative estimate of drug-likeness (QED) is 0.642. The first-order valence-electron chi connectivity index (χ1n) is 5.98. The van der Waals surface area contributed by atoms with Crippen molar-refractivity contribution in [3.63, 3.8) is 0 Å². The maximum Gasteiger partial charge on any atom is 0.410 e. The summed E-state index contributed by atoms with van der Waals surface area (Å²) in [5.41, 5.74) is -1.25. The van der Waals surface area contributed by atoms with E-state index >= 15 is 0 Å². The summed E-state index contributed by atoms with van der Waals surface area (Å²) < 4.78 is 10.8. The Morgan fingerprint density at radius 3 is 2.71 bits per heavy atom. The number of hydrogen-bond acceptors (Lipinski definition) is 4. The van der Waals surface area contributed by atoms with Gasteiger partial charge in [-0.1, -0.05) is 0 Å². The smallest absolute Gasteiger partial charge is 0.410 e. The van der Waals surface area contributed by atoms with Crippen LogP contribution in [-0.2, 0) is 14.3 Å². The van der Waals surface area contributed by atoms with Crippen molar-refractivity contribution in [2.75, 3.05) is 19.7 Å². The summed E-state index contributed by atoms with van der Waals surface area (Å²) in [5, 5.41) is 0. The van der Waals surface area contributed by atoms with Crippen LogP contribution in [0.15, 0.2) is 0 Å². The van der Waals surface area contributed by atoms with Crippen molar-refractivity contribution in [3.8, 4) is 0 Å². The lowest BCUT2D eigenvalue weighted by molar-refractivity contribution is -0.130. The van der Waals surface area contributed by atoms with E-state index in [1.807, 2.05) is 20.8 Å². The summed E-state index contributed by atoms with van der Waals surface area (Å²) in [5.74, 6) is 0.114. The first-order valence-corrected chi connectivity index (χ1v) is 5.98. The van der Waals surface area contributed by atoms with Gasteiger partial charge in [-0.3, -0.25) is 4.79 Å². The number of nitrogens with zero attached hydrogens (tertiary/aromatic N) is 1. The Morgan fingerprint density at radius 1 is 1.47 bits per heavy atom. The van der Waals surface area contributed by atoms with E-state index in [1.54, 1.807) is 4.90 Å². The number of hydrogen-bond donors (Lipinski definition) is 0. The van der Waals surface area contributed by atoms with Crippen molar-refractivity contribution >= 4 is 11.9 Å². The van der Waals surface area contributed by atoms with Gasteiger partial charge >= 0.3 is 6.09 Å². The van der Waals surface area contributed by atoms with Crippen LogP contribution < -0.4 is 0 Å². The molecule has 0 saturated carbocycles. The van der Waals surface area contributed by atoms with E-state index in [4.69, 9.17) is 9.47 Å². The van der Waals surface area contributed by atoms with Crippen LogP contribution in [0.3, 0.4) is 0 Å². The van der Waals surface area contributed by atoms with E-state index in [0.29, 0.717) is 32.5 Å². The summed E-state index contributed by atoms with van der Waals surface area (Å²) in [7, 11) is 0. The van der Waals surface area contributed by atoms with Crippen molar-refractivity contribution in [1.29, 1.82) is 0 Å². The lowest BCUT2D eigenvalue weighted by Gasteiger charge is -2.25. The van der Waals surface area contributed by atoms with Gasteiger partial charge in [0.2, 0.25) is 0 Å². The molecule has 2 aliphatic heterocycles. The summed E-state index contributed by atoms with van der Waals surface area (Å²) >= 11 is 0. The molecule has 2 heterocycles. The maximum atomic E-state index is 11.8. The van der Waals surface area contributed by atoms with E-state index in [1.165, 1.54) is 0 Å². The number of carbonyl (C=O) groups excluding carboxylic acids is 2. The van der Waals surface area contributed by atoms with Gasteiger partial charge in [-0.15, -0.1) is 0 Å². The SMILES string of the molecule is CC(C)(C)OC(=O)N1CC[C@]2(C1)OCCC2=O. The lowest BCUT2D eigenvalue weighted by Crippen LogP contribution is -2.42. The minimum atomic E-state index is -0.739. The molecule has 0 aromatic heterocycles. The molecule has 17 heavy (non-hydrogen) atoms. The predicted molar refractivity (Wildman–Crippen MR) is 60.7 cm³/mol. The maximum absolute atomic E-state index is 11.8. The van der Waals surface area contributed by atoms with Crippen LogP contribution in [0.5, 0.6) is 0 Å². The highest BCUT2D eigenvalue weighted by molar-refractivity contribution is 5.90. The zero-order valence-electron chi connectivity index (χ0n) is 10.6. The molecular formula is C12H19NO4. The Labute approximate surface area is 101 Å². The second-order valence-corrected chi connectivity index (χ2v) is 5.67. The standard InChI is InChI=1S/C12H19NO4/c1-11(2,3)17-10(15)13-6-5-12(8-13)9(14)4-7-16-12/h4-8H2,1-3H3/t12-/m1/s1. The molecular weight excluding hydrogens is 222 g/mol. The number of ether oxygens (including phenoxy) is 2. The van der Waals surface area contributed by atoms with Gasteiger partial charge < -0.3 is 14.4 Å². The van der Waals surface area contributed by atoms with Crippen LogP contribution in [0, 0.1) is 0 Å². The van der Waals surface area contributed by atoms with Crippen LogP contribution in [0.2, 0.25) is 0 Å². The fourth-order valence-electron chi connectivity index (χ4n) is 2.26. The highest BCUT2D eigenvalue weighted by Crippen LogP contribution is 2.32. The second kappa shape index (κ2) is 3.98. The van der Waals surface area contributed by atoms with E-state index in [-0.39, 0.29) is 11.9 Å². The fraction of sp³-hybridized carbons (Fsp3) is 0.833. The van der Waals surface area contributed by atoms with Crippen LogP contribution in [0.1, 0.15) is 33.6 Å². The molecule has 0 unspecified atom stereocenters. The third-order valence-electron chi connectivity index (χ3n) is 3.10. The largest absolute Gasteiger partial charge is 0.444 e. The number of carbonyl (C=O) groups is 2.